The number of benzene rings is 1. The average Bonchev–Trinajstić information content (AvgIpc) is 3.13. The van der Waals surface area contributed by atoms with E-state index in [-0.39, 0.29) is 24.4 Å². The maximum atomic E-state index is 11.8. The van der Waals surface area contributed by atoms with E-state index in [1.54, 1.807) is 0 Å². The van der Waals surface area contributed by atoms with E-state index in [1.165, 1.54) is 12.8 Å². The van der Waals surface area contributed by atoms with E-state index in [2.05, 4.69) is 26.6 Å². The zero-order chi connectivity index (χ0) is 13.0. The molecule has 0 spiro atoms. The molecule has 0 saturated heterocycles. The van der Waals surface area contributed by atoms with E-state index in [4.69, 9.17) is 0 Å². The molecule has 5 heteroatoms. The van der Waals surface area contributed by atoms with Crippen LogP contribution in [0.2, 0.25) is 0 Å². The quantitative estimate of drug-likeness (QED) is 0.830. The van der Waals surface area contributed by atoms with Crippen molar-refractivity contribution in [3.63, 3.8) is 0 Å². The highest BCUT2D eigenvalue weighted by Crippen LogP contribution is 2.27. The van der Waals surface area contributed by atoms with Gasteiger partial charge in [0.1, 0.15) is 0 Å². The molecule has 1 fully saturated rings. The highest BCUT2D eigenvalue weighted by Gasteiger charge is 2.20. The summed E-state index contributed by atoms with van der Waals surface area (Å²) >= 11 is 3.50. The fourth-order valence-corrected chi connectivity index (χ4v) is 2.54. The number of nitrogens with one attached hydrogen (secondary N) is 2. The van der Waals surface area contributed by atoms with Gasteiger partial charge in [0.05, 0.1) is 12.6 Å². The van der Waals surface area contributed by atoms with Crippen molar-refractivity contribution in [1.82, 2.24) is 10.6 Å². The van der Waals surface area contributed by atoms with Crippen LogP contribution < -0.4 is 10.6 Å². The van der Waals surface area contributed by atoms with Gasteiger partial charge in [-0.1, -0.05) is 34.1 Å². The summed E-state index contributed by atoms with van der Waals surface area (Å²) < 4.78 is 1.03. The van der Waals surface area contributed by atoms with Crippen molar-refractivity contribution >= 4 is 34.2 Å². The fraction of sp³-hybridized carbons (Fsp3) is 0.500. The summed E-state index contributed by atoms with van der Waals surface area (Å²) in [5, 5.41) is 6.19. The van der Waals surface area contributed by atoms with E-state index in [1.807, 2.05) is 31.2 Å². The molecule has 1 aromatic carbocycles. The summed E-state index contributed by atoms with van der Waals surface area (Å²) in [6.45, 7) is 3.38. The van der Waals surface area contributed by atoms with Gasteiger partial charge in [-0.15, -0.1) is 12.4 Å². The van der Waals surface area contributed by atoms with Crippen molar-refractivity contribution in [3.8, 4) is 0 Å². The van der Waals surface area contributed by atoms with Gasteiger partial charge in [-0.05, 0) is 43.9 Å². The Hall–Kier alpha value is -0.580. The van der Waals surface area contributed by atoms with Crippen molar-refractivity contribution in [3.05, 3.63) is 34.3 Å². The summed E-state index contributed by atoms with van der Waals surface area (Å²) in [4.78, 5) is 11.8. The van der Waals surface area contributed by atoms with Gasteiger partial charge in [-0.3, -0.25) is 4.79 Å². The standard InChI is InChI=1S/C14H19BrN2O.ClH/c1-10(12-4-2-3-5-13(12)15)17-14(18)9-16-8-11-6-7-11;/h2-5,10-11,16H,6-9H2,1H3,(H,17,18);1H. The van der Waals surface area contributed by atoms with Gasteiger partial charge in [0.2, 0.25) is 5.91 Å². The predicted molar refractivity (Wildman–Crippen MR) is 83.5 cm³/mol. The second-order valence-corrected chi connectivity index (χ2v) is 5.74. The number of halogens is 2. The van der Waals surface area contributed by atoms with Gasteiger partial charge in [0.25, 0.3) is 0 Å². The predicted octanol–water partition coefficient (Wildman–Crippen LogP) is 3.05. The van der Waals surface area contributed by atoms with Crippen LogP contribution in [0, 0.1) is 5.92 Å². The third-order valence-corrected chi connectivity index (χ3v) is 3.89. The van der Waals surface area contributed by atoms with Gasteiger partial charge in [-0.2, -0.15) is 0 Å². The molecular formula is C14H20BrClN2O. The van der Waals surface area contributed by atoms with Crippen molar-refractivity contribution in [1.29, 1.82) is 0 Å². The third kappa shape index (κ3) is 5.51. The highest BCUT2D eigenvalue weighted by atomic mass is 79.9. The van der Waals surface area contributed by atoms with E-state index in [0.717, 1.165) is 22.5 Å². The van der Waals surface area contributed by atoms with Crippen LogP contribution >= 0.6 is 28.3 Å². The van der Waals surface area contributed by atoms with Crippen molar-refractivity contribution in [2.24, 2.45) is 5.92 Å². The van der Waals surface area contributed by atoms with Crippen molar-refractivity contribution in [2.75, 3.05) is 13.1 Å². The number of rotatable bonds is 6. The lowest BCUT2D eigenvalue weighted by molar-refractivity contribution is -0.120. The van der Waals surface area contributed by atoms with Gasteiger partial charge < -0.3 is 10.6 Å². The van der Waals surface area contributed by atoms with Gasteiger partial charge in [-0.25, -0.2) is 0 Å². The molecule has 19 heavy (non-hydrogen) atoms. The van der Waals surface area contributed by atoms with E-state index in [9.17, 15) is 4.79 Å². The van der Waals surface area contributed by atoms with Crippen LogP contribution in [-0.4, -0.2) is 19.0 Å². The van der Waals surface area contributed by atoms with Gasteiger partial charge in [0.15, 0.2) is 0 Å². The second-order valence-electron chi connectivity index (χ2n) is 4.88. The molecule has 0 aliphatic heterocycles. The minimum absolute atomic E-state index is 0. The lowest BCUT2D eigenvalue weighted by Gasteiger charge is -2.16. The molecule has 0 bridgehead atoms. The first kappa shape index (κ1) is 16.5. The summed E-state index contributed by atoms with van der Waals surface area (Å²) in [5.74, 6) is 0.859. The molecule has 1 saturated carbocycles. The molecule has 1 unspecified atom stereocenters. The van der Waals surface area contributed by atoms with Crippen LogP contribution in [0.3, 0.4) is 0 Å². The minimum atomic E-state index is 0. The summed E-state index contributed by atoms with van der Waals surface area (Å²) in [6.07, 6.45) is 2.62. The Morgan fingerprint density at radius 1 is 1.42 bits per heavy atom. The summed E-state index contributed by atoms with van der Waals surface area (Å²) in [6, 6.07) is 7.99. The van der Waals surface area contributed by atoms with E-state index < -0.39 is 0 Å². The lowest BCUT2D eigenvalue weighted by Crippen LogP contribution is -2.36. The molecule has 2 rings (SSSR count). The highest BCUT2D eigenvalue weighted by molar-refractivity contribution is 9.10. The Morgan fingerprint density at radius 2 is 2.11 bits per heavy atom. The molecule has 1 amide bonds. The van der Waals surface area contributed by atoms with Crippen LogP contribution in [0.4, 0.5) is 0 Å². The summed E-state index contributed by atoms with van der Waals surface area (Å²) in [5.41, 5.74) is 1.10. The number of hydrogen-bond donors (Lipinski definition) is 2. The van der Waals surface area contributed by atoms with Crippen LogP contribution in [0.1, 0.15) is 31.4 Å². The lowest BCUT2D eigenvalue weighted by atomic mass is 10.1. The zero-order valence-electron chi connectivity index (χ0n) is 11.0. The van der Waals surface area contributed by atoms with Crippen molar-refractivity contribution < 1.29 is 4.79 Å². The molecule has 3 nitrogen and oxygen atoms in total. The summed E-state index contributed by atoms with van der Waals surface area (Å²) in [7, 11) is 0. The molecule has 106 valence electrons. The Kier molecular flexibility index (Phi) is 6.83. The normalized spacial score (nSPS) is 15.5. The molecule has 0 radical (unpaired) electrons. The Bertz CT molecular complexity index is 424. The van der Waals surface area contributed by atoms with Crippen LogP contribution in [0.15, 0.2) is 28.7 Å². The molecule has 0 aromatic heterocycles. The van der Waals surface area contributed by atoms with E-state index in [0.29, 0.717) is 6.54 Å². The first-order valence-corrected chi connectivity index (χ1v) is 7.20. The Balaban J connectivity index is 0.00000180. The molecule has 1 atom stereocenters. The average molecular weight is 348 g/mol. The van der Waals surface area contributed by atoms with Crippen LogP contribution in [-0.2, 0) is 4.79 Å². The topological polar surface area (TPSA) is 41.1 Å². The van der Waals surface area contributed by atoms with Gasteiger partial charge >= 0.3 is 0 Å². The first-order chi connectivity index (χ1) is 8.66. The largest absolute Gasteiger partial charge is 0.348 e. The number of amides is 1. The fourth-order valence-electron chi connectivity index (χ4n) is 1.91. The van der Waals surface area contributed by atoms with Crippen molar-refractivity contribution in [2.45, 2.75) is 25.8 Å². The van der Waals surface area contributed by atoms with Crippen LogP contribution in [0.5, 0.6) is 0 Å². The molecule has 0 heterocycles. The second kappa shape index (κ2) is 7.88. The number of carbonyl (C=O) groups excluding carboxylic acids is 1. The molecule has 2 N–H and O–H groups in total. The Labute approximate surface area is 129 Å². The molecule has 1 aliphatic carbocycles. The van der Waals surface area contributed by atoms with Crippen LogP contribution in [0.25, 0.3) is 0 Å². The zero-order valence-corrected chi connectivity index (χ0v) is 13.4. The monoisotopic (exact) mass is 346 g/mol. The Morgan fingerprint density at radius 3 is 2.74 bits per heavy atom. The molecular weight excluding hydrogens is 328 g/mol. The first-order valence-electron chi connectivity index (χ1n) is 6.41. The third-order valence-electron chi connectivity index (χ3n) is 3.16. The smallest absolute Gasteiger partial charge is 0.234 e. The van der Waals surface area contributed by atoms with E-state index >= 15 is 0 Å². The molecule has 1 aliphatic rings. The van der Waals surface area contributed by atoms with Gasteiger partial charge in [0, 0.05) is 4.47 Å². The molecule has 1 aromatic rings. The maximum absolute atomic E-state index is 11.8. The minimum Gasteiger partial charge on any atom is -0.348 e. The maximum Gasteiger partial charge on any atom is 0.234 e. The SMILES string of the molecule is CC(NC(=O)CNCC1CC1)c1ccccc1Br.Cl. The number of hydrogen-bond acceptors (Lipinski definition) is 2. The number of carbonyl (C=O) groups is 1.